The molecule has 1 saturated carbocycles. The third-order valence-electron chi connectivity index (χ3n) is 3.73. The molecule has 1 N–H and O–H groups in total. The lowest BCUT2D eigenvalue weighted by molar-refractivity contribution is 0.649. The molecule has 2 aliphatic rings. The number of rotatable bonds is 4. The zero-order valence-corrected chi connectivity index (χ0v) is 11.8. The van der Waals surface area contributed by atoms with E-state index in [-0.39, 0.29) is 0 Å². The molecule has 98 valence electrons. The summed E-state index contributed by atoms with van der Waals surface area (Å²) < 4.78 is 0. The van der Waals surface area contributed by atoms with Crippen molar-refractivity contribution in [1.82, 2.24) is 15.3 Å². The predicted octanol–water partition coefficient (Wildman–Crippen LogP) is 3.00. The van der Waals surface area contributed by atoms with Crippen LogP contribution in [-0.2, 0) is 6.54 Å². The van der Waals surface area contributed by atoms with Gasteiger partial charge in [-0.1, -0.05) is 6.42 Å². The lowest BCUT2D eigenvalue weighted by Crippen LogP contribution is -2.17. The molecular weight excluding hydrogens is 242 g/mol. The van der Waals surface area contributed by atoms with Crippen LogP contribution in [0.2, 0.25) is 0 Å². The van der Waals surface area contributed by atoms with Crippen LogP contribution >= 0.6 is 11.8 Å². The SMILES string of the molecule is Cc1nc(C2CCCCS2)ncc1CNC1CC1. The first kappa shape index (κ1) is 12.4. The monoisotopic (exact) mass is 263 g/mol. The van der Waals surface area contributed by atoms with Crippen molar-refractivity contribution < 1.29 is 0 Å². The van der Waals surface area contributed by atoms with E-state index in [4.69, 9.17) is 4.98 Å². The quantitative estimate of drug-likeness (QED) is 0.906. The van der Waals surface area contributed by atoms with Gasteiger partial charge >= 0.3 is 0 Å². The molecule has 0 radical (unpaired) electrons. The first-order valence-electron chi connectivity index (χ1n) is 7.00. The molecule has 4 heteroatoms. The molecule has 1 aromatic rings. The first-order chi connectivity index (χ1) is 8.83. The highest BCUT2D eigenvalue weighted by Crippen LogP contribution is 2.36. The molecule has 1 saturated heterocycles. The average molecular weight is 263 g/mol. The van der Waals surface area contributed by atoms with E-state index in [1.54, 1.807) is 0 Å². The van der Waals surface area contributed by atoms with Gasteiger partial charge in [0.05, 0.1) is 5.25 Å². The summed E-state index contributed by atoms with van der Waals surface area (Å²) >= 11 is 2.02. The van der Waals surface area contributed by atoms with Crippen LogP contribution < -0.4 is 5.32 Å². The number of aromatic nitrogens is 2. The molecule has 1 atom stereocenters. The molecule has 1 aromatic heterocycles. The van der Waals surface area contributed by atoms with Crippen LogP contribution in [0.1, 0.15) is 54.4 Å². The van der Waals surface area contributed by atoms with Crippen molar-refractivity contribution in [3.8, 4) is 0 Å². The van der Waals surface area contributed by atoms with E-state index < -0.39 is 0 Å². The van der Waals surface area contributed by atoms with Gasteiger partial charge < -0.3 is 5.32 Å². The van der Waals surface area contributed by atoms with Crippen LogP contribution in [0.3, 0.4) is 0 Å². The highest BCUT2D eigenvalue weighted by molar-refractivity contribution is 7.99. The normalized spacial score (nSPS) is 24.2. The van der Waals surface area contributed by atoms with Crippen molar-refractivity contribution >= 4 is 11.8 Å². The lowest BCUT2D eigenvalue weighted by Gasteiger charge is -2.20. The summed E-state index contributed by atoms with van der Waals surface area (Å²) in [7, 11) is 0. The second-order valence-corrected chi connectivity index (χ2v) is 6.66. The Morgan fingerprint density at radius 3 is 2.89 bits per heavy atom. The fourth-order valence-corrected chi connectivity index (χ4v) is 3.58. The van der Waals surface area contributed by atoms with Crippen molar-refractivity contribution in [1.29, 1.82) is 0 Å². The Kier molecular flexibility index (Phi) is 3.85. The molecule has 3 nitrogen and oxygen atoms in total. The number of nitrogens with zero attached hydrogens (tertiary/aromatic N) is 2. The van der Waals surface area contributed by atoms with Gasteiger partial charge in [0.25, 0.3) is 0 Å². The topological polar surface area (TPSA) is 37.8 Å². The van der Waals surface area contributed by atoms with Gasteiger partial charge in [-0.25, -0.2) is 9.97 Å². The Hall–Kier alpha value is -0.610. The Labute approximate surface area is 113 Å². The maximum absolute atomic E-state index is 4.72. The summed E-state index contributed by atoms with van der Waals surface area (Å²) in [5.41, 5.74) is 2.41. The average Bonchev–Trinajstić information content (AvgIpc) is 3.22. The molecule has 18 heavy (non-hydrogen) atoms. The second kappa shape index (κ2) is 5.57. The Morgan fingerprint density at radius 2 is 2.22 bits per heavy atom. The largest absolute Gasteiger partial charge is 0.310 e. The number of hydrogen-bond acceptors (Lipinski definition) is 4. The number of aryl methyl sites for hydroxylation is 1. The molecule has 0 spiro atoms. The third kappa shape index (κ3) is 3.04. The summed E-state index contributed by atoms with van der Waals surface area (Å²) in [6.07, 6.45) is 8.61. The molecule has 0 bridgehead atoms. The number of nitrogens with one attached hydrogen (secondary N) is 1. The van der Waals surface area contributed by atoms with E-state index in [1.165, 1.54) is 43.4 Å². The van der Waals surface area contributed by atoms with E-state index in [0.717, 1.165) is 24.1 Å². The molecule has 3 rings (SSSR count). The zero-order valence-electron chi connectivity index (χ0n) is 11.0. The molecule has 2 heterocycles. The Morgan fingerprint density at radius 1 is 1.33 bits per heavy atom. The molecule has 1 aliphatic carbocycles. The van der Waals surface area contributed by atoms with Gasteiger partial charge in [-0.3, -0.25) is 0 Å². The first-order valence-corrected chi connectivity index (χ1v) is 8.05. The van der Waals surface area contributed by atoms with Gasteiger partial charge in [0.1, 0.15) is 5.82 Å². The second-order valence-electron chi connectivity index (χ2n) is 5.35. The predicted molar refractivity (Wildman–Crippen MR) is 75.7 cm³/mol. The van der Waals surface area contributed by atoms with Crippen molar-refractivity contribution in [2.75, 3.05) is 5.75 Å². The van der Waals surface area contributed by atoms with Gasteiger partial charge in [0.15, 0.2) is 0 Å². The highest BCUT2D eigenvalue weighted by atomic mass is 32.2. The smallest absolute Gasteiger partial charge is 0.141 e. The van der Waals surface area contributed by atoms with Crippen molar-refractivity contribution in [3.63, 3.8) is 0 Å². The molecular formula is C14H21N3S. The standard InChI is InChI=1S/C14H21N3S/c1-10-11(8-15-12-5-6-12)9-16-14(17-10)13-4-2-3-7-18-13/h9,12-13,15H,2-8H2,1H3. The van der Waals surface area contributed by atoms with Crippen LogP contribution in [0.4, 0.5) is 0 Å². The summed E-state index contributed by atoms with van der Waals surface area (Å²) in [4.78, 5) is 9.31. The molecule has 0 aromatic carbocycles. The zero-order chi connectivity index (χ0) is 12.4. The summed E-state index contributed by atoms with van der Waals surface area (Å²) in [5.74, 6) is 2.31. The fourth-order valence-electron chi connectivity index (χ4n) is 2.32. The minimum atomic E-state index is 0.530. The van der Waals surface area contributed by atoms with Gasteiger partial charge in [-0.05, 0) is 38.4 Å². The molecule has 1 unspecified atom stereocenters. The van der Waals surface area contributed by atoms with Gasteiger partial charge in [-0.2, -0.15) is 11.8 Å². The molecule has 2 fully saturated rings. The summed E-state index contributed by atoms with van der Waals surface area (Å²) in [5, 5.41) is 4.06. The molecule has 0 amide bonds. The van der Waals surface area contributed by atoms with E-state index >= 15 is 0 Å². The van der Waals surface area contributed by atoms with Crippen LogP contribution in [0.25, 0.3) is 0 Å². The van der Waals surface area contributed by atoms with E-state index in [0.29, 0.717) is 5.25 Å². The van der Waals surface area contributed by atoms with Crippen LogP contribution in [0.5, 0.6) is 0 Å². The van der Waals surface area contributed by atoms with Crippen molar-refractivity contribution in [2.24, 2.45) is 0 Å². The fraction of sp³-hybridized carbons (Fsp3) is 0.714. The maximum Gasteiger partial charge on any atom is 0.141 e. The minimum Gasteiger partial charge on any atom is -0.310 e. The van der Waals surface area contributed by atoms with Crippen LogP contribution in [0.15, 0.2) is 6.20 Å². The number of hydrogen-bond donors (Lipinski definition) is 1. The van der Waals surface area contributed by atoms with E-state index in [9.17, 15) is 0 Å². The van der Waals surface area contributed by atoms with E-state index in [1.807, 2.05) is 18.0 Å². The van der Waals surface area contributed by atoms with Gasteiger partial charge in [-0.15, -0.1) is 0 Å². The summed E-state index contributed by atoms with van der Waals surface area (Å²) in [6, 6.07) is 0.748. The minimum absolute atomic E-state index is 0.530. The van der Waals surface area contributed by atoms with Crippen LogP contribution in [-0.4, -0.2) is 21.8 Å². The Balaban J connectivity index is 1.66. The Bertz CT molecular complexity index is 412. The lowest BCUT2D eigenvalue weighted by atomic mass is 10.1. The summed E-state index contributed by atoms with van der Waals surface area (Å²) in [6.45, 7) is 3.04. The molecule has 1 aliphatic heterocycles. The van der Waals surface area contributed by atoms with Gasteiger partial charge in [0, 0.05) is 30.0 Å². The number of thioether (sulfide) groups is 1. The maximum atomic E-state index is 4.72. The van der Waals surface area contributed by atoms with Crippen molar-refractivity contribution in [3.05, 3.63) is 23.3 Å². The van der Waals surface area contributed by atoms with E-state index in [2.05, 4.69) is 17.2 Å². The third-order valence-corrected chi connectivity index (χ3v) is 5.10. The highest BCUT2D eigenvalue weighted by Gasteiger charge is 2.21. The van der Waals surface area contributed by atoms with Crippen molar-refractivity contribution in [2.45, 2.75) is 56.9 Å². The van der Waals surface area contributed by atoms with Crippen LogP contribution in [0, 0.1) is 6.92 Å². The van der Waals surface area contributed by atoms with Gasteiger partial charge in [0.2, 0.25) is 0 Å².